The molecule has 2 aromatic carbocycles. The first-order valence-corrected chi connectivity index (χ1v) is 12.7. The summed E-state index contributed by atoms with van der Waals surface area (Å²) in [6, 6.07) is 14.6. The van der Waals surface area contributed by atoms with Crippen molar-refractivity contribution >= 4 is 17.4 Å². The summed E-state index contributed by atoms with van der Waals surface area (Å²) in [6.07, 6.45) is 2.39. The second-order valence-electron chi connectivity index (χ2n) is 9.41. The van der Waals surface area contributed by atoms with E-state index >= 15 is 0 Å². The third-order valence-corrected chi connectivity index (χ3v) is 6.32. The van der Waals surface area contributed by atoms with Crippen LogP contribution in [0.4, 0.5) is 0 Å². The van der Waals surface area contributed by atoms with Crippen LogP contribution in [0.15, 0.2) is 70.9 Å². The van der Waals surface area contributed by atoms with Gasteiger partial charge >= 0.3 is 0 Å². The van der Waals surface area contributed by atoms with Crippen LogP contribution in [0.5, 0.6) is 17.2 Å². The van der Waals surface area contributed by atoms with Gasteiger partial charge in [-0.25, -0.2) is 0 Å². The molecule has 1 aromatic heterocycles. The molecule has 1 aliphatic heterocycles. The number of hydrogen-bond donors (Lipinski definition) is 1. The van der Waals surface area contributed by atoms with Crippen molar-refractivity contribution in [1.29, 1.82) is 0 Å². The summed E-state index contributed by atoms with van der Waals surface area (Å²) >= 11 is 0. The molecule has 38 heavy (non-hydrogen) atoms. The van der Waals surface area contributed by atoms with Crippen molar-refractivity contribution in [2.75, 3.05) is 20.3 Å². The van der Waals surface area contributed by atoms with Gasteiger partial charge in [-0.05, 0) is 61.2 Å². The number of rotatable bonds is 11. The number of hydrogen-bond acceptors (Lipinski definition) is 7. The van der Waals surface area contributed by atoms with Crippen LogP contribution >= 0.6 is 0 Å². The average Bonchev–Trinajstić information content (AvgIpc) is 3.51. The Kier molecular flexibility index (Phi) is 8.41. The number of aliphatic hydroxyl groups excluding tert-OH is 1. The maximum absolute atomic E-state index is 13.4. The Hall–Kier alpha value is -4.20. The number of Topliss-reactive ketones (excluding diaryl/α,β-unsaturated/α-hetero) is 1. The van der Waals surface area contributed by atoms with Gasteiger partial charge < -0.3 is 28.6 Å². The molecular formula is C30H33NO7. The zero-order chi connectivity index (χ0) is 27.2. The second-order valence-corrected chi connectivity index (χ2v) is 9.41. The lowest BCUT2D eigenvalue weighted by Gasteiger charge is -2.25. The van der Waals surface area contributed by atoms with Crippen molar-refractivity contribution in [2.24, 2.45) is 5.92 Å². The SMILES string of the molecule is CCOc1cccc(C(O)=C2C(=O)C(=O)N(Cc3ccco3)C2c2ccc(OCCC(C)C)c(OC)c2)c1. The Labute approximate surface area is 222 Å². The van der Waals surface area contributed by atoms with Crippen molar-refractivity contribution in [3.8, 4) is 17.2 Å². The van der Waals surface area contributed by atoms with E-state index in [9.17, 15) is 14.7 Å². The molecule has 0 bridgehead atoms. The standard InChI is InChI=1S/C30H33NO7/c1-5-36-22-9-6-8-21(16-22)28(32)26-27(31(30(34)29(26)33)18-23-10-7-14-37-23)20-11-12-24(25(17-20)35-4)38-15-13-19(2)3/h6-12,14,16-17,19,27,32H,5,13,15,18H2,1-4H3. The molecule has 1 N–H and O–H groups in total. The van der Waals surface area contributed by atoms with E-state index in [0.29, 0.717) is 53.3 Å². The molecule has 0 aliphatic carbocycles. The number of aliphatic hydroxyl groups is 1. The van der Waals surface area contributed by atoms with Gasteiger partial charge in [0.15, 0.2) is 11.5 Å². The Morgan fingerprint density at radius 3 is 2.55 bits per heavy atom. The first kappa shape index (κ1) is 26.9. The number of carbonyl (C=O) groups excluding carboxylic acids is 2. The summed E-state index contributed by atoms with van der Waals surface area (Å²) in [7, 11) is 1.54. The fraction of sp³-hybridized carbons (Fsp3) is 0.333. The Balaban J connectivity index is 1.80. The van der Waals surface area contributed by atoms with Gasteiger partial charge in [-0.2, -0.15) is 0 Å². The highest BCUT2D eigenvalue weighted by Crippen LogP contribution is 2.43. The second kappa shape index (κ2) is 11.9. The molecule has 1 unspecified atom stereocenters. The number of nitrogens with zero attached hydrogens (tertiary/aromatic N) is 1. The molecule has 1 saturated heterocycles. The van der Waals surface area contributed by atoms with Crippen molar-refractivity contribution in [1.82, 2.24) is 4.90 Å². The fourth-order valence-electron chi connectivity index (χ4n) is 4.39. The van der Waals surface area contributed by atoms with E-state index in [0.717, 1.165) is 6.42 Å². The van der Waals surface area contributed by atoms with E-state index in [1.807, 2.05) is 6.92 Å². The van der Waals surface area contributed by atoms with Crippen molar-refractivity contribution in [3.63, 3.8) is 0 Å². The molecule has 1 amide bonds. The number of carbonyl (C=O) groups is 2. The van der Waals surface area contributed by atoms with Crippen LogP contribution in [-0.4, -0.2) is 42.0 Å². The molecule has 8 nitrogen and oxygen atoms in total. The molecule has 1 aliphatic rings. The molecule has 3 aromatic rings. The van der Waals surface area contributed by atoms with Gasteiger partial charge in [0.2, 0.25) is 0 Å². The van der Waals surface area contributed by atoms with E-state index in [4.69, 9.17) is 18.6 Å². The summed E-state index contributed by atoms with van der Waals surface area (Å²) < 4.78 is 22.6. The van der Waals surface area contributed by atoms with Gasteiger partial charge in [0.05, 0.1) is 44.7 Å². The Morgan fingerprint density at radius 1 is 1.05 bits per heavy atom. The predicted molar refractivity (Wildman–Crippen MR) is 142 cm³/mol. The van der Waals surface area contributed by atoms with E-state index in [2.05, 4.69) is 13.8 Å². The van der Waals surface area contributed by atoms with Crippen LogP contribution in [0.2, 0.25) is 0 Å². The van der Waals surface area contributed by atoms with Crippen LogP contribution in [0.1, 0.15) is 50.1 Å². The monoisotopic (exact) mass is 519 g/mol. The largest absolute Gasteiger partial charge is 0.507 e. The lowest BCUT2D eigenvalue weighted by molar-refractivity contribution is -0.140. The van der Waals surface area contributed by atoms with Crippen molar-refractivity contribution in [3.05, 3.63) is 83.3 Å². The molecule has 0 radical (unpaired) electrons. The number of ketones is 1. The van der Waals surface area contributed by atoms with Crippen molar-refractivity contribution < 1.29 is 33.3 Å². The first-order valence-electron chi connectivity index (χ1n) is 12.7. The zero-order valence-electron chi connectivity index (χ0n) is 22.1. The van der Waals surface area contributed by atoms with Gasteiger partial charge in [-0.1, -0.05) is 32.0 Å². The van der Waals surface area contributed by atoms with Crippen molar-refractivity contribution in [2.45, 2.75) is 39.8 Å². The highest BCUT2D eigenvalue weighted by atomic mass is 16.5. The van der Waals surface area contributed by atoms with Gasteiger partial charge in [-0.15, -0.1) is 0 Å². The van der Waals surface area contributed by atoms with Crippen LogP contribution in [0.25, 0.3) is 5.76 Å². The fourth-order valence-corrected chi connectivity index (χ4v) is 4.39. The van der Waals surface area contributed by atoms with Gasteiger partial charge in [-0.3, -0.25) is 9.59 Å². The van der Waals surface area contributed by atoms with E-state index in [-0.39, 0.29) is 17.9 Å². The minimum atomic E-state index is -0.880. The summed E-state index contributed by atoms with van der Waals surface area (Å²) in [5.41, 5.74) is 0.939. The van der Waals surface area contributed by atoms with E-state index < -0.39 is 17.7 Å². The minimum Gasteiger partial charge on any atom is -0.507 e. The molecule has 0 saturated carbocycles. The Morgan fingerprint density at radius 2 is 1.87 bits per heavy atom. The maximum Gasteiger partial charge on any atom is 0.296 e. The highest BCUT2D eigenvalue weighted by molar-refractivity contribution is 6.46. The summed E-state index contributed by atoms with van der Waals surface area (Å²) in [5.74, 6) is 0.772. The van der Waals surface area contributed by atoms with Crippen LogP contribution in [0.3, 0.4) is 0 Å². The molecule has 4 rings (SSSR count). The quantitative estimate of drug-likeness (QED) is 0.196. The number of amides is 1. The summed E-state index contributed by atoms with van der Waals surface area (Å²) in [5, 5.41) is 11.4. The topological polar surface area (TPSA) is 98.4 Å². The zero-order valence-corrected chi connectivity index (χ0v) is 22.1. The minimum absolute atomic E-state index is 0.0225. The van der Waals surface area contributed by atoms with E-state index in [1.54, 1.807) is 54.6 Å². The molecular weight excluding hydrogens is 486 g/mol. The maximum atomic E-state index is 13.4. The molecule has 200 valence electrons. The Bertz CT molecular complexity index is 1310. The van der Waals surface area contributed by atoms with E-state index in [1.165, 1.54) is 18.3 Å². The first-order chi connectivity index (χ1) is 18.3. The number of methoxy groups -OCH3 is 1. The highest BCUT2D eigenvalue weighted by Gasteiger charge is 2.46. The smallest absolute Gasteiger partial charge is 0.296 e. The lowest BCUT2D eigenvalue weighted by Crippen LogP contribution is -2.29. The third kappa shape index (κ3) is 5.69. The molecule has 1 fully saturated rings. The number of furan rings is 1. The number of ether oxygens (including phenoxy) is 3. The van der Waals surface area contributed by atoms with Crippen LogP contribution < -0.4 is 14.2 Å². The number of likely N-dealkylation sites (tertiary alicyclic amines) is 1. The molecule has 8 heteroatoms. The number of benzene rings is 2. The average molecular weight is 520 g/mol. The summed E-state index contributed by atoms with van der Waals surface area (Å²) in [4.78, 5) is 28.0. The molecule has 1 atom stereocenters. The summed E-state index contributed by atoms with van der Waals surface area (Å²) in [6.45, 7) is 7.12. The lowest BCUT2D eigenvalue weighted by atomic mass is 9.95. The van der Waals surface area contributed by atoms with Gasteiger partial charge in [0, 0.05) is 5.56 Å². The van der Waals surface area contributed by atoms with Crippen LogP contribution in [0, 0.1) is 5.92 Å². The van der Waals surface area contributed by atoms with Crippen LogP contribution in [-0.2, 0) is 16.1 Å². The third-order valence-electron chi connectivity index (χ3n) is 6.32. The van der Waals surface area contributed by atoms with Gasteiger partial charge in [0.1, 0.15) is 17.3 Å². The molecule has 2 heterocycles. The predicted octanol–water partition coefficient (Wildman–Crippen LogP) is 5.73. The molecule has 0 spiro atoms. The van der Waals surface area contributed by atoms with Gasteiger partial charge in [0.25, 0.3) is 11.7 Å². The normalized spacial score (nSPS) is 16.8.